The molecule has 1 N–H and O–H groups in total. The molecule has 0 bridgehead atoms. The van der Waals surface area contributed by atoms with E-state index in [-0.39, 0.29) is 0 Å². The van der Waals surface area contributed by atoms with Gasteiger partial charge in [-0.15, -0.1) is 0 Å². The molecule has 2 fully saturated rings. The summed E-state index contributed by atoms with van der Waals surface area (Å²) in [6.07, 6.45) is 5.58. The molecule has 2 aliphatic carbocycles. The molecule has 0 aliphatic heterocycles. The lowest BCUT2D eigenvalue weighted by Gasteiger charge is -2.18. The van der Waals surface area contributed by atoms with Crippen molar-refractivity contribution in [2.24, 2.45) is 11.8 Å². The molecule has 0 heterocycles. The largest absolute Gasteiger partial charge is 0.313 e. The first kappa shape index (κ1) is 11.3. The van der Waals surface area contributed by atoms with Crippen molar-refractivity contribution >= 4 is 0 Å². The van der Waals surface area contributed by atoms with Gasteiger partial charge in [-0.05, 0) is 55.5 Å². The van der Waals surface area contributed by atoms with Crippen LogP contribution in [0, 0.1) is 11.8 Å². The molecule has 92 valence electrons. The van der Waals surface area contributed by atoms with Crippen molar-refractivity contribution in [1.82, 2.24) is 5.32 Å². The topological polar surface area (TPSA) is 12.0 Å². The Morgan fingerprint density at radius 1 is 1.24 bits per heavy atom. The maximum Gasteiger partial charge on any atom is 0.0130 e. The van der Waals surface area contributed by atoms with E-state index in [0.717, 1.165) is 23.8 Å². The molecule has 2 aliphatic rings. The highest BCUT2D eigenvalue weighted by atomic mass is 14.9. The molecule has 0 aromatic heterocycles. The summed E-state index contributed by atoms with van der Waals surface area (Å²) < 4.78 is 0. The van der Waals surface area contributed by atoms with Crippen LogP contribution in [0.2, 0.25) is 0 Å². The molecule has 3 unspecified atom stereocenters. The minimum Gasteiger partial charge on any atom is -0.313 e. The molecule has 3 rings (SSSR count). The van der Waals surface area contributed by atoms with Crippen LogP contribution in [0.1, 0.15) is 44.1 Å². The fourth-order valence-electron chi connectivity index (χ4n) is 3.13. The highest BCUT2D eigenvalue weighted by Gasteiger charge is 2.48. The van der Waals surface area contributed by atoms with Crippen LogP contribution in [-0.2, 0) is 0 Å². The molecule has 1 aromatic rings. The van der Waals surface area contributed by atoms with Gasteiger partial charge in [0.15, 0.2) is 0 Å². The lowest BCUT2D eigenvalue weighted by molar-refractivity contribution is 0.411. The Morgan fingerprint density at radius 2 is 2.00 bits per heavy atom. The van der Waals surface area contributed by atoms with E-state index in [1.807, 2.05) is 0 Å². The lowest BCUT2D eigenvalue weighted by Crippen LogP contribution is -2.34. The minimum absolute atomic E-state index is 0.806. The summed E-state index contributed by atoms with van der Waals surface area (Å²) in [6, 6.07) is 11.9. The van der Waals surface area contributed by atoms with Crippen LogP contribution in [0.5, 0.6) is 0 Å². The van der Waals surface area contributed by atoms with Gasteiger partial charge in [0.2, 0.25) is 0 Å². The van der Waals surface area contributed by atoms with Crippen LogP contribution in [0.4, 0.5) is 0 Å². The Labute approximate surface area is 105 Å². The Morgan fingerprint density at radius 3 is 2.65 bits per heavy atom. The van der Waals surface area contributed by atoms with Gasteiger partial charge in [-0.3, -0.25) is 0 Å². The third-order valence-corrected chi connectivity index (χ3v) is 4.29. The number of hydrogen-bond acceptors (Lipinski definition) is 1. The molecule has 0 saturated heterocycles. The van der Waals surface area contributed by atoms with Gasteiger partial charge < -0.3 is 5.32 Å². The van der Waals surface area contributed by atoms with Gasteiger partial charge in [0.05, 0.1) is 0 Å². The van der Waals surface area contributed by atoms with Crippen molar-refractivity contribution in [3.63, 3.8) is 0 Å². The van der Waals surface area contributed by atoms with E-state index in [9.17, 15) is 0 Å². The normalized spacial score (nSPS) is 29.0. The number of nitrogens with one attached hydrogen (secondary N) is 1. The van der Waals surface area contributed by atoms with Crippen LogP contribution >= 0.6 is 0 Å². The zero-order valence-corrected chi connectivity index (χ0v) is 10.7. The van der Waals surface area contributed by atoms with Crippen molar-refractivity contribution in [1.29, 1.82) is 0 Å². The van der Waals surface area contributed by atoms with Crippen LogP contribution in [0.25, 0.3) is 0 Å². The van der Waals surface area contributed by atoms with Crippen molar-refractivity contribution < 1.29 is 0 Å². The van der Waals surface area contributed by atoms with Gasteiger partial charge in [0, 0.05) is 6.04 Å². The second-order valence-electron chi connectivity index (χ2n) is 5.73. The van der Waals surface area contributed by atoms with Crippen LogP contribution in [0.15, 0.2) is 30.3 Å². The SMILES string of the molecule is CCCNC(C1CC1)C1CC1c1ccccc1. The molecule has 1 nitrogen and oxygen atoms in total. The van der Waals surface area contributed by atoms with E-state index >= 15 is 0 Å². The molecular formula is C16H23N. The van der Waals surface area contributed by atoms with E-state index in [4.69, 9.17) is 0 Å². The Hall–Kier alpha value is -0.820. The summed E-state index contributed by atoms with van der Waals surface area (Å²) >= 11 is 0. The third-order valence-electron chi connectivity index (χ3n) is 4.29. The van der Waals surface area contributed by atoms with E-state index in [2.05, 4.69) is 42.6 Å². The number of rotatable bonds is 6. The molecule has 0 amide bonds. The first-order valence-corrected chi connectivity index (χ1v) is 7.18. The van der Waals surface area contributed by atoms with Crippen LogP contribution in [-0.4, -0.2) is 12.6 Å². The maximum absolute atomic E-state index is 3.79. The van der Waals surface area contributed by atoms with Gasteiger partial charge in [0.1, 0.15) is 0 Å². The van der Waals surface area contributed by atoms with Gasteiger partial charge in [-0.2, -0.15) is 0 Å². The highest BCUT2D eigenvalue weighted by Crippen LogP contribution is 2.54. The van der Waals surface area contributed by atoms with Crippen molar-refractivity contribution in [3.8, 4) is 0 Å². The van der Waals surface area contributed by atoms with E-state index in [1.54, 1.807) is 5.56 Å². The first-order valence-electron chi connectivity index (χ1n) is 7.18. The first-order chi connectivity index (χ1) is 8.40. The van der Waals surface area contributed by atoms with Gasteiger partial charge in [-0.1, -0.05) is 37.3 Å². The monoisotopic (exact) mass is 229 g/mol. The van der Waals surface area contributed by atoms with Crippen LogP contribution in [0.3, 0.4) is 0 Å². The smallest absolute Gasteiger partial charge is 0.0130 e. The molecular weight excluding hydrogens is 206 g/mol. The summed E-state index contributed by atoms with van der Waals surface area (Å²) in [4.78, 5) is 0. The average molecular weight is 229 g/mol. The summed E-state index contributed by atoms with van der Waals surface area (Å²) in [5.74, 6) is 2.74. The third kappa shape index (κ3) is 2.55. The predicted octanol–water partition coefficient (Wildman–Crippen LogP) is 3.57. The Bertz CT molecular complexity index is 355. The maximum atomic E-state index is 3.79. The molecule has 17 heavy (non-hydrogen) atoms. The van der Waals surface area contributed by atoms with Crippen LogP contribution < -0.4 is 5.32 Å². The molecule has 0 radical (unpaired) electrons. The van der Waals surface area contributed by atoms with Gasteiger partial charge >= 0.3 is 0 Å². The molecule has 2 saturated carbocycles. The second-order valence-corrected chi connectivity index (χ2v) is 5.73. The molecule has 1 aromatic carbocycles. The Balaban J connectivity index is 1.61. The lowest BCUT2D eigenvalue weighted by atomic mass is 10.0. The zero-order valence-electron chi connectivity index (χ0n) is 10.7. The second kappa shape index (κ2) is 4.81. The zero-order chi connectivity index (χ0) is 11.7. The summed E-state index contributed by atoms with van der Waals surface area (Å²) in [5, 5.41) is 3.79. The number of benzene rings is 1. The van der Waals surface area contributed by atoms with E-state index in [1.165, 1.54) is 32.2 Å². The standard InChI is InChI=1S/C16H23N/c1-2-10-17-16(13-8-9-13)15-11-14(15)12-6-4-3-5-7-12/h3-7,13-17H,2,8-11H2,1H3. The van der Waals surface area contributed by atoms with E-state index in [0.29, 0.717) is 0 Å². The highest BCUT2D eigenvalue weighted by molar-refractivity contribution is 5.27. The summed E-state index contributed by atoms with van der Waals surface area (Å²) in [7, 11) is 0. The Kier molecular flexibility index (Phi) is 3.19. The molecule has 1 heteroatoms. The predicted molar refractivity (Wildman–Crippen MR) is 72.1 cm³/mol. The van der Waals surface area contributed by atoms with Crippen molar-refractivity contribution in [3.05, 3.63) is 35.9 Å². The fraction of sp³-hybridized carbons (Fsp3) is 0.625. The van der Waals surface area contributed by atoms with Crippen molar-refractivity contribution in [2.75, 3.05) is 6.54 Å². The molecule has 0 spiro atoms. The minimum atomic E-state index is 0.806. The quantitative estimate of drug-likeness (QED) is 0.786. The summed E-state index contributed by atoms with van der Waals surface area (Å²) in [6.45, 7) is 3.46. The average Bonchev–Trinajstić information content (AvgIpc) is 3.25. The number of hydrogen-bond donors (Lipinski definition) is 1. The molecule has 3 atom stereocenters. The van der Waals surface area contributed by atoms with Gasteiger partial charge in [0.25, 0.3) is 0 Å². The summed E-state index contributed by atoms with van der Waals surface area (Å²) in [5.41, 5.74) is 1.56. The van der Waals surface area contributed by atoms with Crippen molar-refractivity contribution in [2.45, 2.75) is 44.6 Å². The van der Waals surface area contributed by atoms with E-state index < -0.39 is 0 Å². The van der Waals surface area contributed by atoms with Gasteiger partial charge in [-0.25, -0.2) is 0 Å². The fourth-order valence-corrected chi connectivity index (χ4v) is 3.13.